The van der Waals surface area contributed by atoms with Crippen LogP contribution in [0.5, 0.6) is 0 Å². The van der Waals surface area contributed by atoms with Crippen molar-refractivity contribution in [2.45, 2.75) is 32.0 Å². The number of aromatic nitrogens is 4. The number of hydrogen-bond donors (Lipinski definition) is 0. The van der Waals surface area contributed by atoms with Crippen LogP contribution in [0, 0.1) is 19.7 Å². The topological polar surface area (TPSA) is 87.0 Å². The number of nitrogens with zero attached hydrogens (tertiary/aromatic N) is 4. The van der Waals surface area contributed by atoms with Gasteiger partial charge in [-0.25, -0.2) is 4.39 Å². The minimum Gasteiger partial charge on any atom is -0.454 e. The van der Waals surface area contributed by atoms with Crippen LogP contribution >= 0.6 is 11.8 Å². The molecule has 0 aliphatic heterocycles. The van der Waals surface area contributed by atoms with Gasteiger partial charge in [-0.3, -0.25) is 9.59 Å². The van der Waals surface area contributed by atoms with Crippen molar-refractivity contribution in [1.29, 1.82) is 0 Å². The van der Waals surface area contributed by atoms with Crippen LogP contribution in [0.25, 0.3) is 5.69 Å². The Morgan fingerprint density at radius 2 is 1.90 bits per heavy atom. The summed E-state index contributed by atoms with van der Waals surface area (Å²) in [6.07, 6.45) is -0.983. The second-order valence-corrected chi connectivity index (χ2v) is 7.40. The van der Waals surface area contributed by atoms with Gasteiger partial charge in [-0.1, -0.05) is 23.9 Å². The maximum absolute atomic E-state index is 13.0. The smallest absolute Gasteiger partial charge is 0.317 e. The number of ether oxygens (including phenoxy) is 1. The predicted molar refractivity (Wildman–Crippen MR) is 106 cm³/mol. The van der Waals surface area contributed by atoms with Crippen LogP contribution in [0.4, 0.5) is 4.39 Å². The van der Waals surface area contributed by atoms with Gasteiger partial charge in [-0.2, -0.15) is 4.68 Å². The second kappa shape index (κ2) is 8.95. The Morgan fingerprint density at radius 1 is 1.17 bits per heavy atom. The van der Waals surface area contributed by atoms with Crippen LogP contribution in [-0.4, -0.2) is 43.8 Å². The molecule has 9 heteroatoms. The van der Waals surface area contributed by atoms with Gasteiger partial charge in [-0.05, 0) is 72.7 Å². The summed E-state index contributed by atoms with van der Waals surface area (Å²) in [4.78, 5) is 24.5. The first-order valence-corrected chi connectivity index (χ1v) is 9.82. The summed E-state index contributed by atoms with van der Waals surface area (Å²) >= 11 is 1.11. The van der Waals surface area contributed by atoms with Crippen molar-refractivity contribution in [2.75, 3.05) is 5.75 Å². The molecule has 0 radical (unpaired) electrons. The molecule has 29 heavy (non-hydrogen) atoms. The molecule has 0 N–H and O–H groups in total. The molecule has 0 amide bonds. The summed E-state index contributed by atoms with van der Waals surface area (Å²) in [6.45, 7) is 5.40. The number of benzene rings is 2. The summed E-state index contributed by atoms with van der Waals surface area (Å²) < 4.78 is 19.7. The first-order valence-electron chi connectivity index (χ1n) is 8.83. The van der Waals surface area contributed by atoms with Crippen molar-refractivity contribution in [3.05, 3.63) is 65.0 Å². The van der Waals surface area contributed by atoms with Gasteiger partial charge < -0.3 is 4.74 Å². The van der Waals surface area contributed by atoms with E-state index in [4.69, 9.17) is 4.74 Å². The molecule has 0 spiro atoms. The Kier molecular flexibility index (Phi) is 6.38. The molecule has 3 rings (SSSR count). The molecule has 3 aromatic rings. The lowest BCUT2D eigenvalue weighted by atomic mass is 10.1. The van der Waals surface area contributed by atoms with Crippen molar-refractivity contribution in [1.82, 2.24) is 20.2 Å². The average Bonchev–Trinajstić information content (AvgIpc) is 3.16. The number of rotatable bonds is 7. The fourth-order valence-electron chi connectivity index (χ4n) is 2.62. The quantitative estimate of drug-likeness (QED) is 0.333. The Morgan fingerprint density at radius 3 is 2.62 bits per heavy atom. The molecule has 150 valence electrons. The van der Waals surface area contributed by atoms with E-state index in [0.717, 1.165) is 28.6 Å². The molecule has 0 bridgehead atoms. The number of thioether (sulfide) groups is 1. The Balaban J connectivity index is 1.62. The number of hydrogen-bond acceptors (Lipinski definition) is 7. The molecule has 1 aromatic heterocycles. The molecule has 0 aliphatic rings. The lowest BCUT2D eigenvalue weighted by Crippen LogP contribution is -2.25. The Labute approximate surface area is 171 Å². The third-order valence-corrected chi connectivity index (χ3v) is 5.05. The second-order valence-electron chi connectivity index (χ2n) is 6.46. The molecule has 0 saturated heterocycles. The van der Waals surface area contributed by atoms with Gasteiger partial charge in [-0.15, -0.1) is 5.10 Å². The highest BCUT2D eigenvalue weighted by atomic mass is 32.2. The Bertz CT molecular complexity index is 1040. The van der Waals surface area contributed by atoms with Crippen molar-refractivity contribution < 1.29 is 18.7 Å². The summed E-state index contributed by atoms with van der Waals surface area (Å²) in [6, 6.07) is 11.0. The van der Waals surface area contributed by atoms with Gasteiger partial charge in [0, 0.05) is 5.56 Å². The van der Waals surface area contributed by atoms with E-state index in [-0.39, 0.29) is 11.3 Å². The summed E-state index contributed by atoms with van der Waals surface area (Å²) in [5.74, 6) is -1.48. The summed E-state index contributed by atoms with van der Waals surface area (Å²) in [5, 5.41) is 12.1. The highest BCUT2D eigenvalue weighted by molar-refractivity contribution is 7.99. The molecule has 0 fully saturated rings. The van der Waals surface area contributed by atoms with E-state index in [9.17, 15) is 14.0 Å². The first kappa shape index (κ1) is 20.7. The molecule has 7 nitrogen and oxygen atoms in total. The van der Waals surface area contributed by atoms with Crippen LogP contribution in [0.1, 0.15) is 28.4 Å². The highest BCUT2D eigenvalue weighted by Gasteiger charge is 2.21. The number of esters is 1. The van der Waals surface area contributed by atoms with E-state index in [0.29, 0.717) is 5.16 Å². The van der Waals surface area contributed by atoms with E-state index in [1.54, 1.807) is 4.68 Å². The normalized spacial score (nSPS) is 11.9. The largest absolute Gasteiger partial charge is 0.454 e. The van der Waals surface area contributed by atoms with E-state index < -0.39 is 23.7 Å². The third-order valence-electron chi connectivity index (χ3n) is 4.16. The maximum atomic E-state index is 13.0. The van der Waals surface area contributed by atoms with Gasteiger partial charge in [0.15, 0.2) is 6.10 Å². The fraction of sp³-hybridized carbons (Fsp3) is 0.250. The zero-order valence-electron chi connectivity index (χ0n) is 16.1. The number of carbonyl (C=O) groups is 2. The third kappa shape index (κ3) is 5.05. The minimum absolute atomic E-state index is 0.0632. The maximum Gasteiger partial charge on any atom is 0.317 e. The van der Waals surface area contributed by atoms with Crippen molar-refractivity contribution in [2.24, 2.45) is 0 Å². The molecule has 2 aromatic carbocycles. The standard InChI is InChI=1S/C20H19FN4O3S/c1-12-4-5-13(2)17(10-12)25-20(22-23-24-25)29-11-18(26)28-14(3)19(27)15-6-8-16(21)9-7-15/h4-10,14H,11H2,1-3H3/t14-/m0/s1. The van der Waals surface area contributed by atoms with Crippen LogP contribution in [-0.2, 0) is 9.53 Å². The zero-order valence-corrected chi connectivity index (χ0v) is 16.9. The Hall–Kier alpha value is -3.07. The molecule has 1 atom stereocenters. The van der Waals surface area contributed by atoms with Crippen LogP contribution in [0.2, 0.25) is 0 Å². The molecule has 0 unspecified atom stereocenters. The fourth-order valence-corrected chi connectivity index (χ4v) is 3.29. The number of tetrazole rings is 1. The lowest BCUT2D eigenvalue weighted by molar-refractivity contribution is -0.143. The molecular weight excluding hydrogens is 395 g/mol. The SMILES string of the molecule is Cc1ccc(C)c(-n2nnnc2SCC(=O)O[C@@H](C)C(=O)c2ccc(F)cc2)c1. The van der Waals surface area contributed by atoms with E-state index in [2.05, 4.69) is 15.5 Å². The zero-order chi connectivity index (χ0) is 21.0. The monoisotopic (exact) mass is 414 g/mol. The minimum atomic E-state index is -0.983. The number of carbonyl (C=O) groups excluding carboxylic acids is 2. The first-order chi connectivity index (χ1) is 13.8. The number of halogens is 1. The molecule has 0 saturated carbocycles. The predicted octanol–water partition coefficient (Wildman–Crippen LogP) is 3.32. The number of aryl methyl sites for hydroxylation is 2. The lowest BCUT2D eigenvalue weighted by Gasteiger charge is -2.12. The van der Waals surface area contributed by atoms with Crippen molar-refractivity contribution in [3.63, 3.8) is 0 Å². The molecule has 0 aliphatic carbocycles. The average molecular weight is 414 g/mol. The van der Waals surface area contributed by atoms with Crippen molar-refractivity contribution >= 4 is 23.5 Å². The van der Waals surface area contributed by atoms with Crippen LogP contribution < -0.4 is 0 Å². The van der Waals surface area contributed by atoms with E-state index in [1.165, 1.54) is 31.2 Å². The van der Waals surface area contributed by atoms with E-state index >= 15 is 0 Å². The van der Waals surface area contributed by atoms with Gasteiger partial charge >= 0.3 is 5.97 Å². The molecular formula is C20H19FN4O3S. The highest BCUT2D eigenvalue weighted by Crippen LogP contribution is 2.22. The van der Waals surface area contributed by atoms with Crippen LogP contribution in [0.15, 0.2) is 47.6 Å². The van der Waals surface area contributed by atoms with Gasteiger partial charge in [0.2, 0.25) is 10.9 Å². The van der Waals surface area contributed by atoms with Crippen molar-refractivity contribution in [3.8, 4) is 5.69 Å². The number of ketones is 1. The molecule has 1 heterocycles. The van der Waals surface area contributed by atoms with Crippen LogP contribution in [0.3, 0.4) is 0 Å². The van der Waals surface area contributed by atoms with Gasteiger partial charge in [0.1, 0.15) is 5.82 Å². The van der Waals surface area contributed by atoms with Gasteiger partial charge in [0.05, 0.1) is 11.4 Å². The van der Waals surface area contributed by atoms with Gasteiger partial charge in [0.25, 0.3) is 0 Å². The summed E-state index contributed by atoms with van der Waals surface area (Å²) in [5.41, 5.74) is 3.15. The van der Waals surface area contributed by atoms with E-state index in [1.807, 2.05) is 32.0 Å². The summed E-state index contributed by atoms with van der Waals surface area (Å²) in [7, 11) is 0. The number of Topliss-reactive ketones (excluding diaryl/α,β-unsaturated/α-hetero) is 1.